The largest absolute Gasteiger partial charge is 0.452 e. The van der Waals surface area contributed by atoms with Crippen LogP contribution in [0.3, 0.4) is 0 Å². The Labute approximate surface area is 169 Å². The summed E-state index contributed by atoms with van der Waals surface area (Å²) in [4.78, 5) is 23.6. The molecule has 0 unspecified atom stereocenters. The van der Waals surface area contributed by atoms with Crippen molar-refractivity contribution in [2.24, 2.45) is 0 Å². The average molecular weight is 406 g/mol. The highest BCUT2D eigenvalue weighted by atomic mass is 35.5. The summed E-state index contributed by atoms with van der Waals surface area (Å²) in [6, 6.07) is 12.6. The molecular formula is C21H21Cl2NO3. The van der Waals surface area contributed by atoms with Crippen molar-refractivity contribution in [1.82, 2.24) is 0 Å². The van der Waals surface area contributed by atoms with Crippen molar-refractivity contribution >= 4 is 46.8 Å². The van der Waals surface area contributed by atoms with E-state index in [1.807, 2.05) is 24.3 Å². The summed E-state index contributed by atoms with van der Waals surface area (Å²) < 4.78 is 4.93. The van der Waals surface area contributed by atoms with Crippen LogP contribution in [0.25, 0.3) is 6.08 Å². The van der Waals surface area contributed by atoms with Crippen molar-refractivity contribution < 1.29 is 14.3 Å². The fourth-order valence-electron chi connectivity index (χ4n) is 2.30. The van der Waals surface area contributed by atoms with Gasteiger partial charge in [-0.3, -0.25) is 4.79 Å². The van der Waals surface area contributed by atoms with Gasteiger partial charge in [0.15, 0.2) is 6.61 Å². The quantitative estimate of drug-likeness (QED) is 0.463. The van der Waals surface area contributed by atoms with Gasteiger partial charge < -0.3 is 10.1 Å². The first kappa shape index (κ1) is 21.0. The number of ether oxygens (including phenoxy) is 1. The van der Waals surface area contributed by atoms with E-state index < -0.39 is 11.9 Å². The molecule has 0 aliphatic carbocycles. The first-order valence-corrected chi connectivity index (χ1v) is 9.42. The molecule has 0 saturated heterocycles. The van der Waals surface area contributed by atoms with Gasteiger partial charge in [-0.1, -0.05) is 54.7 Å². The Morgan fingerprint density at radius 2 is 1.81 bits per heavy atom. The van der Waals surface area contributed by atoms with Crippen LogP contribution in [0.1, 0.15) is 30.9 Å². The van der Waals surface area contributed by atoms with E-state index in [4.69, 9.17) is 27.9 Å². The lowest BCUT2D eigenvalue weighted by Crippen LogP contribution is -2.20. The third-order valence-electron chi connectivity index (χ3n) is 3.76. The van der Waals surface area contributed by atoms with Crippen molar-refractivity contribution in [3.05, 3.63) is 69.7 Å². The van der Waals surface area contributed by atoms with Crippen LogP contribution < -0.4 is 5.32 Å². The van der Waals surface area contributed by atoms with E-state index in [2.05, 4.69) is 12.2 Å². The minimum atomic E-state index is -0.619. The number of hydrogen-bond acceptors (Lipinski definition) is 3. The molecule has 0 aliphatic rings. The van der Waals surface area contributed by atoms with Gasteiger partial charge in [-0.25, -0.2) is 4.79 Å². The predicted molar refractivity (Wildman–Crippen MR) is 110 cm³/mol. The third kappa shape index (κ3) is 7.45. The number of amides is 1. The van der Waals surface area contributed by atoms with Gasteiger partial charge in [-0.15, -0.1) is 0 Å². The molecule has 0 aliphatic heterocycles. The van der Waals surface area contributed by atoms with Gasteiger partial charge >= 0.3 is 5.97 Å². The molecule has 0 fully saturated rings. The maximum atomic E-state index is 11.9. The molecule has 2 rings (SSSR count). The minimum absolute atomic E-state index is 0.359. The minimum Gasteiger partial charge on any atom is -0.452 e. The zero-order valence-electron chi connectivity index (χ0n) is 15.0. The molecule has 0 atom stereocenters. The van der Waals surface area contributed by atoms with Crippen molar-refractivity contribution in [3.8, 4) is 0 Å². The Hall–Kier alpha value is -2.30. The molecule has 0 saturated carbocycles. The fraction of sp³-hybridized carbons (Fsp3) is 0.238. The summed E-state index contributed by atoms with van der Waals surface area (Å²) in [6.07, 6.45) is 6.07. The number of halogens is 2. The average Bonchev–Trinajstić information content (AvgIpc) is 2.66. The Balaban J connectivity index is 1.78. The van der Waals surface area contributed by atoms with E-state index in [1.54, 1.807) is 18.2 Å². The number of nitrogens with one attached hydrogen (secondary N) is 1. The second-order valence-electron chi connectivity index (χ2n) is 5.96. The fourth-order valence-corrected chi connectivity index (χ4v) is 2.60. The lowest BCUT2D eigenvalue weighted by Gasteiger charge is -2.06. The Morgan fingerprint density at radius 1 is 1.07 bits per heavy atom. The molecule has 142 valence electrons. The predicted octanol–water partition coefficient (Wildman–Crippen LogP) is 5.53. The van der Waals surface area contributed by atoms with E-state index in [0.29, 0.717) is 21.3 Å². The van der Waals surface area contributed by atoms with E-state index in [-0.39, 0.29) is 6.61 Å². The maximum absolute atomic E-state index is 11.9. The molecule has 6 heteroatoms. The number of esters is 1. The molecule has 1 N–H and O–H groups in total. The first-order valence-electron chi connectivity index (χ1n) is 8.66. The maximum Gasteiger partial charge on any atom is 0.331 e. The normalized spacial score (nSPS) is 10.8. The lowest BCUT2D eigenvalue weighted by molar-refractivity contribution is -0.142. The Kier molecular flexibility index (Phi) is 8.37. The molecule has 2 aromatic carbocycles. The molecule has 0 heterocycles. The number of hydrogen-bond donors (Lipinski definition) is 1. The zero-order valence-corrected chi connectivity index (χ0v) is 16.5. The van der Waals surface area contributed by atoms with Crippen LogP contribution in [-0.2, 0) is 20.7 Å². The summed E-state index contributed by atoms with van der Waals surface area (Å²) >= 11 is 11.7. The molecule has 4 nitrogen and oxygen atoms in total. The molecule has 27 heavy (non-hydrogen) atoms. The van der Waals surface area contributed by atoms with Crippen LogP contribution in [0, 0.1) is 0 Å². The second kappa shape index (κ2) is 10.8. The molecule has 0 spiro atoms. The number of anilines is 1. The van der Waals surface area contributed by atoms with E-state index >= 15 is 0 Å². The molecule has 0 radical (unpaired) electrons. The van der Waals surface area contributed by atoms with Crippen molar-refractivity contribution in [2.45, 2.75) is 26.2 Å². The highest BCUT2D eigenvalue weighted by molar-refractivity contribution is 6.42. The smallest absolute Gasteiger partial charge is 0.331 e. The van der Waals surface area contributed by atoms with Gasteiger partial charge in [0.1, 0.15) is 0 Å². The van der Waals surface area contributed by atoms with E-state index in [0.717, 1.165) is 19.3 Å². The number of carbonyl (C=O) groups excluding carboxylic acids is 2. The van der Waals surface area contributed by atoms with Gasteiger partial charge in [0.25, 0.3) is 5.91 Å². The molecule has 0 aromatic heterocycles. The lowest BCUT2D eigenvalue weighted by atomic mass is 10.1. The van der Waals surface area contributed by atoms with E-state index in [1.165, 1.54) is 17.7 Å². The van der Waals surface area contributed by atoms with Gasteiger partial charge in [-0.2, -0.15) is 0 Å². The summed E-state index contributed by atoms with van der Waals surface area (Å²) in [6.45, 7) is 1.79. The first-order chi connectivity index (χ1) is 13.0. The highest BCUT2D eigenvalue weighted by Gasteiger charge is 2.06. The summed E-state index contributed by atoms with van der Waals surface area (Å²) in [5.41, 5.74) is 2.60. The molecule has 1 amide bonds. The SMILES string of the molecule is CCCCc1ccc(NC(=O)COC(=O)C=Cc2ccc(Cl)c(Cl)c2)cc1. The topological polar surface area (TPSA) is 55.4 Å². The van der Waals surface area contributed by atoms with Gasteiger partial charge in [0.05, 0.1) is 10.0 Å². The number of benzene rings is 2. The second-order valence-corrected chi connectivity index (χ2v) is 6.78. The van der Waals surface area contributed by atoms with Gasteiger partial charge in [0, 0.05) is 11.8 Å². The molecule has 0 bridgehead atoms. The number of unbranched alkanes of at least 4 members (excludes halogenated alkanes) is 1. The number of carbonyl (C=O) groups is 2. The Morgan fingerprint density at radius 3 is 2.48 bits per heavy atom. The number of rotatable bonds is 8. The molecule has 2 aromatic rings. The molecular weight excluding hydrogens is 385 g/mol. The summed E-state index contributed by atoms with van der Waals surface area (Å²) in [5.74, 6) is -1.02. The van der Waals surface area contributed by atoms with E-state index in [9.17, 15) is 9.59 Å². The van der Waals surface area contributed by atoms with Crippen molar-refractivity contribution in [2.75, 3.05) is 11.9 Å². The van der Waals surface area contributed by atoms with Crippen molar-refractivity contribution in [1.29, 1.82) is 0 Å². The number of aryl methyl sites for hydroxylation is 1. The zero-order chi connectivity index (χ0) is 19.6. The van der Waals surface area contributed by atoms with Crippen LogP contribution in [-0.4, -0.2) is 18.5 Å². The van der Waals surface area contributed by atoms with Crippen LogP contribution in [0.4, 0.5) is 5.69 Å². The van der Waals surface area contributed by atoms with Crippen molar-refractivity contribution in [3.63, 3.8) is 0 Å². The van der Waals surface area contributed by atoms with Crippen LogP contribution in [0.2, 0.25) is 10.0 Å². The van der Waals surface area contributed by atoms with Crippen LogP contribution >= 0.6 is 23.2 Å². The summed E-state index contributed by atoms with van der Waals surface area (Å²) in [5, 5.41) is 3.53. The third-order valence-corrected chi connectivity index (χ3v) is 4.50. The van der Waals surface area contributed by atoms with Crippen LogP contribution in [0.5, 0.6) is 0 Å². The Bertz CT molecular complexity index is 817. The van der Waals surface area contributed by atoms with Gasteiger partial charge in [0.2, 0.25) is 0 Å². The monoisotopic (exact) mass is 405 g/mol. The highest BCUT2D eigenvalue weighted by Crippen LogP contribution is 2.23. The van der Waals surface area contributed by atoms with Crippen LogP contribution in [0.15, 0.2) is 48.5 Å². The standard InChI is InChI=1S/C21H21Cl2NO3/c1-2-3-4-15-5-9-17(10-6-15)24-20(25)14-27-21(26)12-8-16-7-11-18(22)19(23)13-16/h5-13H,2-4,14H2,1H3,(H,24,25). The van der Waals surface area contributed by atoms with Gasteiger partial charge in [-0.05, 0) is 54.3 Å². The summed E-state index contributed by atoms with van der Waals surface area (Å²) in [7, 11) is 0.